The zero-order valence-corrected chi connectivity index (χ0v) is 47.7. The first-order valence-corrected chi connectivity index (χ1v) is 28.3. The Kier molecular flexibility index (Phi) is 10.2. The molecule has 0 bridgehead atoms. The number of aryl methyl sites for hydroxylation is 2. The minimum Gasteiger partial charge on any atom is -0.311 e. The fourth-order valence-electron chi connectivity index (χ4n) is 14.3. The highest BCUT2D eigenvalue weighted by Crippen LogP contribution is 2.56. The van der Waals surface area contributed by atoms with Crippen molar-refractivity contribution in [3.05, 3.63) is 147 Å². The third-order valence-electron chi connectivity index (χ3n) is 19.4. The van der Waals surface area contributed by atoms with Crippen LogP contribution >= 0.6 is 11.3 Å². The van der Waals surface area contributed by atoms with E-state index in [9.17, 15) is 0 Å². The van der Waals surface area contributed by atoms with E-state index < -0.39 is 0 Å². The largest absolute Gasteiger partial charge is 0.311 e. The van der Waals surface area contributed by atoms with Crippen molar-refractivity contribution < 1.29 is 0 Å². The lowest BCUT2D eigenvalue weighted by Crippen LogP contribution is -2.61. The third kappa shape index (κ3) is 6.99. The van der Waals surface area contributed by atoms with Gasteiger partial charge >= 0.3 is 0 Å². The molecule has 1 aromatic heterocycles. The van der Waals surface area contributed by atoms with E-state index in [2.05, 4.69) is 236 Å². The molecule has 7 aromatic rings. The normalized spacial score (nSPS) is 20.3. The van der Waals surface area contributed by atoms with Gasteiger partial charge in [-0.3, -0.25) is 0 Å². The predicted molar refractivity (Wildman–Crippen MR) is 315 cm³/mol. The van der Waals surface area contributed by atoms with Gasteiger partial charge in [-0.25, -0.2) is 0 Å². The first-order chi connectivity index (χ1) is 33.6. The van der Waals surface area contributed by atoms with Crippen LogP contribution in [0.25, 0.3) is 21.2 Å². The molecule has 2 aliphatic heterocycles. The van der Waals surface area contributed by atoms with Crippen molar-refractivity contribution in [2.45, 2.75) is 194 Å². The van der Waals surface area contributed by atoms with Crippen molar-refractivity contribution >= 4 is 78.0 Å². The minimum absolute atomic E-state index is 0.0154. The van der Waals surface area contributed by atoms with Crippen LogP contribution in [0.3, 0.4) is 0 Å². The lowest BCUT2D eigenvalue weighted by molar-refractivity contribution is 0.332. The van der Waals surface area contributed by atoms with Gasteiger partial charge in [0.15, 0.2) is 0 Å². The number of nitrogens with zero attached hydrogens (tertiary/aromatic N) is 2. The summed E-state index contributed by atoms with van der Waals surface area (Å²) in [6, 6.07) is 40.0. The lowest BCUT2D eigenvalue weighted by Gasteiger charge is -2.47. The summed E-state index contributed by atoms with van der Waals surface area (Å²) in [5.74, 6) is 0. The van der Waals surface area contributed by atoms with Crippen molar-refractivity contribution in [2.24, 2.45) is 0 Å². The van der Waals surface area contributed by atoms with Gasteiger partial charge in [0.2, 0.25) is 0 Å². The van der Waals surface area contributed by atoms with Crippen molar-refractivity contribution in [3.63, 3.8) is 0 Å². The predicted octanol–water partition coefficient (Wildman–Crippen LogP) is 17.6. The molecule has 0 atom stereocenters. The molecule has 0 saturated carbocycles. The Bertz CT molecular complexity index is 3450. The topological polar surface area (TPSA) is 6.48 Å². The van der Waals surface area contributed by atoms with Gasteiger partial charge in [0.05, 0.1) is 11.4 Å². The van der Waals surface area contributed by atoms with E-state index in [1.54, 1.807) is 5.56 Å². The van der Waals surface area contributed by atoms with E-state index in [1.165, 1.54) is 154 Å². The summed E-state index contributed by atoms with van der Waals surface area (Å²) in [6.45, 7) is 41.7. The summed E-state index contributed by atoms with van der Waals surface area (Å²) in [5, 5.41) is 1.41. The smallest absolute Gasteiger partial charge is 0.264 e. The van der Waals surface area contributed by atoms with Crippen molar-refractivity contribution in [2.75, 3.05) is 9.80 Å². The van der Waals surface area contributed by atoms with E-state index in [-0.39, 0.29) is 44.6 Å². The van der Waals surface area contributed by atoms with E-state index in [0.717, 1.165) is 0 Å². The summed E-state index contributed by atoms with van der Waals surface area (Å²) in [6.07, 6.45) is 7.13. The quantitative estimate of drug-likeness (QED) is 0.163. The second-order valence-corrected chi connectivity index (χ2v) is 29.4. The fourth-order valence-corrected chi connectivity index (χ4v) is 15.6. The SMILES string of the molecule is Cc1cc2c3c(c1)N(c1ccc4c(c1)C(C)(C)CCC4(C)C)c1c(sc4cc5c(cc14)C(C)(C)CCC5(C)C)B3c1cc3c(cc1N2c1ccc(C(C)(C)C)cc1-c1ccccc1C)C(C)(C)CCC3(C)C. The van der Waals surface area contributed by atoms with Crippen LogP contribution in [0.5, 0.6) is 0 Å². The molecule has 0 amide bonds. The van der Waals surface area contributed by atoms with Crippen molar-refractivity contribution in [1.82, 2.24) is 0 Å². The van der Waals surface area contributed by atoms with Gasteiger partial charge in [0.25, 0.3) is 6.71 Å². The Morgan fingerprint density at radius 1 is 0.472 bits per heavy atom. The van der Waals surface area contributed by atoms with Crippen molar-refractivity contribution in [1.29, 1.82) is 0 Å². The van der Waals surface area contributed by atoms with E-state index in [1.807, 2.05) is 0 Å². The Morgan fingerprint density at radius 3 is 1.60 bits per heavy atom. The zero-order valence-electron chi connectivity index (χ0n) is 46.9. The molecule has 12 rings (SSSR count). The van der Waals surface area contributed by atoms with Crippen LogP contribution < -0.4 is 25.5 Å². The lowest BCUT2D eigenvalue weighted by atomic mass is 9.35. The van der Waals surface area contributed by atoms with Crippen LogP contribution in [0.4, 0.5) is 34.1 Å². The molecule has 6 aromatic carbocycles. The maximum atomic E-state index is 2.77. The number of thiophene rings is 1. The number of hydrogen-bond donors (Lipinski definition) is 0. The first kappa shape index (κ1) is 47.9. The van der Waals surface area contributed by atoms with E-state index in [0.29, 0.717) is 0 Å². The molecule has 4 heteroatoms. The molecular weight excluding hydrogens is 888 g/mol. The molecular formula is C68H79BN2S. The summed E-state index contributed by atoms with van der Waals surface area (Å²) < 4.78 is 2.90. The number of anilines is 6. The molecule has 0 fully saturated rings. The highest BCUT2D eigenvalue weighted by molar-refractivity contribution is 7.33. The van der Waals surface area contributed by atoms with Crippen LogP contribution in [0.1, 0.15) is 192 Å². The summed E-state index contributed by atoms with van der Waals surface area (Å²) in [4.78, 5) is 5.50. The summed E-state index contributed by atoms with van der Waals surface area (Å²) in [5.41, 5.74) is 26.9. The molecule has 0 saturated heterocycles. The minimum atomic E-state index is -0.0154. The van der Waals surface area contributed by atoms with Gasteiger partial charge in [0, 0.05) is 43.2 Å². The number of benzene rings is 6. The van der Waals surface area contributed by atoms with Gasteiger partial charge in [-0.2, -0.15) is 0 Å². The average molecular weight is 967 g/mol. The molecule has 5 aliphatic rings. The second-order valence-electron chi connectivity index (χ2n) is 28.3. The molecule has 3 heterocycles. The zero-order chi connectivity index (χ0) is 51.2. The number of fused-ring (bicyclic) bond motifs is 9. The fraction of sp³-hybridized carbons (Fsp3) is 0.441. The molecule has 370 valence electrons. The second kappa shape index (κ2) is 15.3. The molecule has 2 nitrogen and oxygen atoms in total. The van der Waals surface area contributed by atoms with Crippen LogP contribution in [0.2, 0.25) is 0 Å². The first-order valence-electron chi connectivity index (χ1n) is 27.5. The maximum Gasteiger partial charge on any atom is 0.264 e. The molecule has 0 radical (unpaired) electrons. The van der Waals surface area contributed by atoms with Gasteiger partial charge in [-0.1, -0.05) is 146 Å². The molecule has 0 unspecified atom stereocenters. The molecule has 0 N–H and O–H groups in total. The Morgan fingerprint density at radius 2 is 1.00 bits per heavy atom. The molecule has 3 aliphatic carbocycles. The Labute approximate surface area is 437 Å². The number of rotatable bonds is 3. The number of hydrogen-bond acceptors (Lipinski definition) is 3. The Hall–Kier alpha value is -5.06. The standard InChI is InChI=1S/C68H79BN2S/c1-40-32-56-59-57(33-40)71(54-25-22-42(62(3,4)5)34-45(54)44-21-19-18-20-41(44)2)55-38-51-50(66(12,13)29-30-67(51,14)15)37-53(55)69(59)61-60(46-36-49-52(39-58(46)72-61)68(16,17)31-28-65(49,10)11)70(56)43-23-24-47-48(35-43)64(8,9)27-26-63(47,6)7/h18-25,32-39H,26-31H2,1-17H3. The van der Waals surface area contributed by atoms with Gasteiger partial charge < -0.3 is 9.80 Å². The Balaban J connectivity index is 1.24. The molecule has 72 heavy (non-hydrogen) atoms. The van der Waals surface area contributed by atoms with Crippen LogP contribution in [0.15, 0.2) is 97.1 Å². The van der Waals surface area contributed by atoms with Gasteiger partial charge in [-0.15, -0.1) is 11.3 Å². The summed E-state index contributed by atoms with van der Waals surface area (Å²) >= 11 is 2.09. The van der Waals surface area contributed by atoms with Crippen molar-refractivity contribution in [3.8, 4) is 11.1 Å². The molecule has 0 spiro atoms. The maximum absolute atomic E-state index is 2.77. The highest BCUT2D eigenvalue weighted by atomic mass is 32.1. The third-order valence-corrected chi connectivity index (χ3v) is 20.6. The van der Waals surface area contributed by atoms with Crippen LogP contribution in [-0.2, 0) is 37.9 Å². The van der Waals surface area contributed by atoms with Crippen LogP contribution in [-0.4, -0.2) is 6.71 Å². The summed E-state index contributed by atoms with van der Waals surface area (Å²) in [7, 11) is 0. The average Bonchev–Trinajstić information content (AvgIpc) is 3.68. The van der Waals surface area contributed by atoms with Gasteiger partial charge in [0.1, 0.15) is 0 Å². The van der Waals surface area contributed by atoms with E-state index in [4.69, 9.17) is 0 Å². The van der Waals surface area contributed by atoms with Gasteiger partial charge in [-0.05, 0) is 211 Å². The monoisotopic (exact) mass is 967 g/mol. The highest BCUT2D eigenvalue weighted by Gasteiger charge is 2.49. The van der Waals surface area contributed by atoms with E-state index >= 15 is 0 Å². The van der Waals surface area contributed by atoms with Crippen LogP contribution in [0, 0.1) is 13.8 Å².